The zero-order valence-electron chi connectivity index (χ0n) is 18.3. The second kappa shape index (κ2) is 8.13. The molecule has 160 valence electrons. The molecule has 0 aliphatic carbocycles. The first-order valence-corrected chi connectivity index (χ1v) is 10.9. The lowest BCUT2D eigenvalue weighted by Crippen LogP contribution is -2.36. The summed E-state index contributed by atoms with van der Waals surface area (Å²) in [5, 5.41) is 8.83. The Morgan fingerprint density at radius 2 is 2.10 bits per heavy atom. The van der Waals surface area contributed by atoms with Gasteiger partial charge >= 0.3 is 5.69 Å². The molecular formula is C23H31N5O2. The van der Waals surface area contributed by atoms with E-state index in [-0.39, 0.29) is 17.6 Å². The van der Waals surface area contributed by atoms with Gasteiger partial charge in [0, 0.05) is 36.6 Å². The van der Waals surface area contributed by atoms with Crippen LogP contribution in [0.25, 0.3) is 10.9 Å². The molecule has 0 saturated carbocycles. The number of aromatic amines is 1. The van der Waals surface area contributed by atoms with Gasteiger partial charge in [-0.05, 0) is 50.7 Å². The molecule has 1 unspecified atom stereocenters. The van der Waals surface area contributed by atoms with Crippen molar-refractivity contribution < 1.29 is 4.79 Å². The monoisotopic (exact) mass is 409 g/mol. The van der Waals surface area contributed by atoms with Crippen LogP contribution in [0.4, 0.5) is 0 Å². The molecule has 2 N–H and O–H groups in total. The van der Waals surface area contributed by atoms with Crippen molar-refractivity contribution in [1.29, 1.82) is 0 Å². The van der Waals surface area contributed by atoms with Crippen LogP contribution < -0.4 is 11.0 Å². The number of H-pyrrole nitrogens is 1. The summed E-state index contributed by atoms with van der Waals surface area (Å²) in [4.78, 5) is 29.1. The standard InChI is InChI=1S/C23H31N5O2/c1-14(2)10-13-28-23(30)27-12-11-17(8-9-20(27)26-28)25-22(29)19-7-5-6-18-15(3)16(4)24-21(18)19/h5-7,14,17,24H,8-13H2,1-4H3,(H,25,29). The molecule has 0 radical (unpaired) electrons. The van der Waals surface area contributed by atoms with E-state index in [9.17, 15) is 9.59 Å². The molecule has 1 aromatic carbocycles. The highest BCUT2D eigenvalue weighted by Gasteiger charge is 2.23. The number of nitrogens with one attached hydrogen (secondary N) is 2. The highest BCUT2D eigenvalue weighted by atomic mass is 16.2. The van der Waals surface area contributed by atoms with Gasteiger partial charge in [0.2, 0.25) is 0 Å². The Labute approximate surface area is 176 Å². The van der Waals surface area contributed by atoms with Gasteiger partial charge in [-0.15, -0.1) is 0 Å². The Hall–Kier alpha value is -2.83. The number of nitrogens with zero attached hydrogens (tertiary/aromatic N) is 3. The molecule has 7 heteroatoms. The largest absolute Gasteiger partial charge is 0.358 e. The van der Waals surface area contributed by atoms with Crippen LogP contribution in [0.15, 0.2) is 23.0 Å². The van der Waals surface area contributed by atoms with Crippen molar-refractivity contribution in [2.75, 3.05) is 0 Å². The number of amides is 1. The first-order chi connectivity index (χ1) is 14.3. The van der Waals surface area contributed by atoms with Gasteiger partial charge in [0.15, 0.2) is 0 Å². The lowest BCUT2D eigenvalue weighted by molar-refractivity contribution is 0.0934. The molecule has 0 spiro atoms. The number of carbonyl (C=O) groups excluding carboxylic acids is 1. The summed E-state index contributed by atoms with van der Waals surface area (Å²) >= 11 is 0. The maximum absolute atomic E-state index is 13.0. The minimum atomic E-state index is -0.0688. The van der Waals surface area contributed by atoms with E-state index < -0.39 is 0 Å². The fraction of sp³-hybridized carbons (Fsp3) is 0.522. The fourth-order valence-corrected chi connectivity index (χ4v) is 4.23. The van der Waals surface area contributed by atoms with Gasteiger partial charge in [-0.2, -0.15) is 5.10 Å². The Bertz CT molecular complexity index is 1130. The quantitative estimate of drug-likeness (QED) is 0.678. The Morgan fingerprint density at radius 3 is 2.87 bits per heavy atom. The van der Waals surface area contributed by atoms with Crippen molar-refractivity contribution in [1.82, 2.24) is 24.6 Å². The molecule has 3 aromatic rings. The second-order valence-corrected chi connectivity index (χ2v) is 8.86. The Kier molecular flexibility index (Phi) is 5.54. The van der Waals surface area contributed by atoms with E-state index in [2.05, 4.69) is 36.2 Å². The van der Waals surface area contributed by atoms with Gasteiger partial charge in [-0.25, -0.2) is 9.48 Å². The molecule has 0 bridgehead atoms. The summed E-state index contributed by atoms with van der Waals surface area (Å²) in [6.45, 7) is 9.64. The van der Waals surface area contributed by atoms with E-state index in [4.69, 9.17) is 0 Å². The van der Waals surface area contributed by atoms with E-state index in [0.29, 0.717) is 31.0 Å². The number of fused-ring (bicyclic) bond motifs is 2. The smallest absolute Gasteiger partial charge is 0.345 e. The third kappa shape index (κ3) is 3.80. The van der Waals surface area contributed by atoms with E-state index >= 15 is 0 Å². The Morgan fingerprint density at radius 1 is 1.30 bits per heavy atom. The number of para-hydroxylation sites is 1. The van der Waals surface area contributed by atoms with Crippen molar-refractivity contribution in [2.24, 2.45) is 5.92 Å². The number of hydrogen-bond acceptors (Lipinski definition) is 3. The van der Waals surface area contributed by atoms with Gasteiger partial charge in [-0.1, -0.05) is 26.0 Å². The van der Waals surface area contributed by atoms with Gasteiger partial charge < -0.3 is 10.3 Å². The maximum Gasteiger partial charge on any atom is 0.345 e. The first-order valence-electron chi connectivity index (χ1n) is 10.9. The van der Waals surface area contributed by atoms with Crippen molar-refractivity contribution in [3.05, 3.63) is 51.3 Å². The summed E-state index contributed by atoms with van der Waals surface area (Å²) in [6.07, 6.45) is 3.15. The number of hydrogen-bond donors (Lipinski definition) is 2. The van der Waals surface area contributed by atoms with Crippen LogP contribution in [0.2, 0.25) is 0 Å². The lowest BCUT2D eigenvalue weighted by Gasteiger charge is -2.16. The molecule has 2 aromatic heterocycles. The predicted octanol–water partition coefficient (Wildman–Crippen LogP) is 3.32. The molecule has 0 fully saturated rings. The van der Waals surface area contributed by atoms with Crippen LogP contribution in [0, 0.1) is 19.8 Å². The molecule has 4 rings (SSSR count). The molecule has 1 aliphatic heterocycles. The summed E-state index contributed by atoms with van der Waals surface area (Å²) in [7, 11) is 0. The normalized spacial score (nSPS) is 16.6. The van der Waals surface area contributed by atoms with Gasteiger partial charge in [-0.3, -0.25) is 9.36 Å². The van der Waals surface area contributed by atoms with E-state index in [1.165, 1.54) is 5.56 Å². The molecule has 30 heavy (non-hydrogen) atoms. The number of rotatable bonds is 5. The minimum Gasteiger partial charge on any atom is -0.358 e. The topological polar surface area (TPSA) is 84.7 Å². The van der Waals surface area contributed by atoms with Crippen LogP contribution in [0.1, 0.15) is 60.5 Å². The zero-order chi connectivity index (χ0) is 21.4. The van der Waals surface area contributed by atoms with Gasteiger partial charge in [0.05, 0.1) is 11.1 Å². The molecule has 1 atom stereocenters. The SMILES string of the molecule is Cc1[nH]c2c(C(=O)NC3CCc4nn(CCC(C)C)c(=O)n4CC3)cccc2c1C. The van der Waals surface area contributed by atoms with Gasteiger partial charge in [0.1, 0.15) is 5.82 Å². The van der Waals surface area contributed by atoms with Crippen molar-refractivity contribution >= 4 is 16.8 Å². The molecule has 1 aliphatic rings. The average Bonchev–Trinajstić information content (AvgIpc) is 3.08. The van der Waals surface area contributed by atoms with E-state index in [0.717, 1.165) is 41.7 Å². The van der Waals surface area contributed by atoms with Crippen LogP contribution in [0.5, 0.6) is 0 Å². The third-order valence-electron chi connectivity index (χ3n) is 6.26. The summed E-state index contributed by atoms with van der Waals surface area (Å²) in [5.41, 5.74) is 3.79. The average molecular weight is 410 g/mol. The zero-order valence-corrected chi connectivity index (χ0v) is 18.3. The van der Waals surface area contributed by atoms with Crippen molar-refractivity contribution in [2.45, 2.75) is 72.5 Å². The maximum atomic E-state index is 13.0. The molecule has 3 heterocycles. The lowest BCUT2D eigenvalue weighted by atomic mass is 10.1. The summed E-state index contributed by atoms with van der Waals surface area (Å²) in [5.74, 6) is 1.30. The van der Waals surface area contributed by atoms with Gasteiger partial charge in [0.25, 0.3) is 5.91 Å². The molecule has 7 nitrogen and oxygen atoms in total. The van der Waals surface area contributed by atoms with E-state index in [1.54, 1.807) is 9.25 Å². The molecule has 1 amide bonds. The molecule has 0 saturated heterocycles. The fourth-order valence-electron chi connectivity index (χ4n) is 4.23. The van der Waals surface area contributed by atoms with Crippen molar-refractivity contribution in [3.8, 4) is 0 Å². The molecular weight excluding hydrogens is 378 g/mol. The number of carbonyl (C=O) groups is 1. The number of aromatic nitrogens is 4. The number of benzene rings is 1. The Balaban J connectivity index is 1.46. The van der Waals surface area contributed by atoms with E-state index in [1.807, 2.05) is 25.1 Å². The highest BCUT2D eigenvalue weighted by Crippen LogP contribution is 2.24. The summed E-state index contributed by atoms with van der Waals surface area (Å²) in [6, 6.07) is 5.86. The number of aryl methyl sites for hydroxylation is 4. The second-order valence-electron chi connectivity index (χ2n) is 8.86. The summed E-state index contributed by atoms with van der Waals surface area (Å²) < 4.78 is 3.38. The van der Waals surface area contributed by atoms with Crippen molar-refractivity contribution in [3.63, 3.8) is 0 Å². The van der Waals surface area contributed by atoms with Crippen LogP contribution in [-0.2, 0) is 19.5 Å². The van der Waals surface area contributed by atoms with Crippen LogP contribution >= 0.6 is 0 Å². The minimum absolute atomic E-state index is 0.0233. The predicted molar refractivity (Wildman–Crippen MR) is 118 cm³/mol. The first kappa shape index (κ1) is 20.4. The van der Waals surface area contributed by atoms with Crippen LogP contribution in [0.3, 0.4) is 0 Å². The highest BCUT2D eigenvalue weighted by molar-refractivity contribution is 6.06. The third-order valence-corrected chi connectivity index (χ3v) is 6.26. The van der Waals surface area contributed by atoms with Crippen LogP contribution in [-0.4, -0.2) is 31.3 Å².